The molecule has 0 saturated heterocycles. The summed E-state index contributed by atoms with van der Waals surface area (Å²) in [6.07, 6.45) is 5.10. The van der Waals surface area contributed by atoms with Crippen LogP contribution < -0.4 is 0 Å². The maximum atomic E-state index is 11.4. The molecule has 0 aliphatic heterocycles. The van der Waals surface area contributed by atoms with Crippen molar-refractivity contribution in [3.8, 4) is 0 Å². The number of aryl methyl sites for hydroxylation is 1. The van der Waals surface area contributed by atoms with Crippen molar-refractivity contribution in [3.63, 3.8) is 0 Å². The summed E-state index contributed by atoms with van der Waals surface area (Å²) in [5.74, 6) is -0.791. The molecule has 1 N–H and O–H groups in total. The van der Waals surface area contributed by atoms with Gasteiger partial charge in [0.05, 0.1) is 11.6 Å². The number of hydrogen-bond donors (Lipinski definition) is 1. The van der Waals surface area contributed by atoms with Crippen molar-refractivity contribution < 1.29 is 9.90 Å². The lowest BCUT2D eigenvalue weighted by molar-refractivity contribution is -0.142. The molecular formula is C13H14N4O2. The lowest BCUT2D eigenvalue weighted by Crippen LogP contribution is -2.25. The molecule has 19 heavy (non-hydrogen) atoms. The van der Waals surface area contributed by atoms with E-state index >= 15 is 0 Å². The number of carboxylic acids is 1. The van der Waals surface area contributed by atoms with Crippen LogP contribution in [0.1, 0.15) is 30.3 Å². The molecule has 1 aliphatic carbocycles. The topological polar surface area (TPSA) is 80.4 Å². The average Bonchev–Trinajstić information content (AvgIpc) is 2.81. The fraction of sp³-hybridized carbons (Fsp3) is 0.385. The minimum Gasteiger partial charge on any atom is -0.481 e. The van der Waals surface area contributed by atoms with Crippen LogP contribution in [-0.4, -0.2) is 30.9 Å². The highest BCUT2D eigenvalue weighted by Gasteiger charge is 2.33. The molecule has 2 heterocycles. The van der Waals surface area contributed by atoms with Gasteiger partial charge >= 0.3 is 5.97 Å². The van der Waals surface area contributed by atoms with E-state index in [0.717, 1.165) is 5.69 Å². The van der Waals surface area contributed by atoms with Gasteiger partial charge in [-0.1, -0.05) is 12.2 Å². The molecule has 2 unspecified atom stereocenters. The van der Waals surface area contributed by atoms with Crippen LogP contribution in [0.2, 0.25) is 0 Å². The van der Waals surface area contributed by atoms with Crippen molar-refractivity contribution in [1.82, 2.24) is 19.8 Å². The monoisotopic (exact) mass is 258 g/mol. The highest BCUT2D eigenvalue weighted by molar-refractivity contribution is 5.71. The summed E-state index contributed by atoms with van der Waals surface area (Å²) < 4.78 is 1.66. The summed E-state index contributed by atoms with van der Waals surface area (Å²) in [5.41, 5.74) is 1.51. The quantitative estimate of drug-likeness (QED) is 0.827. The highest BCUT2D eigenvalue weighted by Crippen LogP contribution is 2.33. The predicted molar refractivity (Wildman–Crippen MR) is 67.8 cm³/mol. The van der Waals surface area contributed by atoms with Gasteiger partial charge in [0, 0.05) is 5.92 Å². The molecule has 0 saturated carbocycles. The minimum absolute atomic E-state index is 0.174. The molecule has 0 spiro atoms. The van der Waals surface area contributed by atoms with Gasteiger partial charge in [-0.15, -0.1) is 10.2 Å². The maximum absolute atomic E-state index is 11.4. The largest absolute Gasteiger partial charge is 0.481 e. The molecule has 0 fully saturated rings. The van der Waals surface area contributed by atoms with Gasteiger partial charge in [0.2, 0.25) is 0 Å². The van der Waals surface area contributed by atoms with Crippen LogP contribution in [0.3, 0.4) is 0 Å². The third-order valence-electron chi connectivity index (χ3n) is 3.50. The predicted octanol–water partition coefficient (Wildman–Crippen LogP) is 1.57. The summed E-state index contributed by atoms with van der Waals surface area (Å²) >= 11 is 0. The second-order valence-electron chi connectivity index (χ2n) is 4.80. The number of fused-ring (bicyclic) bond motifs is 1. The Hall–Kier alpha value is -2.24. The highest BCUT2D eigenvalue weighted by atomic mass is 16.4. The van der Waals surface area contributed by atoms with E-state index < -0.39 is 11.9 Å². The Bertz CT molecular complexity index is 662. The van der Waals surface area contributed by atoms with Crippen molar-refractivity contribution in [2.45, 2.75) is 25.7 Å². The van der Waals surface area contributed by atoms with Gasteiger partial charge in [0.25, 0.3) is 0 Å². The fourth-order valence-corrected chi connectivity index (χ4v) is 2.50. The SMILES string of the molecule is Cc1ccc2nnc(C3CC=CCC3C(=O)O)n2n1. The number of nitrogens with zero attached hydrogens (tertiary/aromatic N) is 4. The van der Waals surface area contributed by atoms with Crippen LogP contribution in [0, 0.1) is 12.8 Å². The Morgan fingerprint density at radius 2 is 2.11 bits per heavy atom. The van der Waals surface area contributed by atoms with Gasteiger partial charge in [-0.25, -0.2) is 0 Å². The number of aliphatic carboxylic acids is 1. The molecule has 1 aliphatic rings. The lowest BCUT2D eigenvalue weighted by atomic mass is 9.82. The zero-order chi connectivity index (χ0) is 13.4. The number of carbonyl (C=O) groups is 1. The molecular weight excluding hydrogens is 244 g/mol. The standard InChI is InChI=1S/C13H14N4O2/c1-8-6-7-11-14-15-12(17(11)16-8)9-4-2-3-5-10(9)13(18)19/h2-3,6-7,9-10H,4-5H2,1H3,(H,18,19). The van der Waals surface area contributed by atoms with Crippen LogP contribution in [0.4, 0.5) is 0 Å². The average molecular weight is 258 g/mol. The lowest BCUT2D eigenvalue weighted by Gasteiger charge is -2.23. The first-order valence-electron chi connectivity index (χ1n) is 6.23. The summed E-state index contributed by atoms with van der Waals surface area (Å²) in [6, 6.07) is 3.70. The van der Waals surface area contributed by atoms with E-state index in [2.05, 4.69) is 15.3 Å². The molecule has 98 valence electrons. The van der Waals surface area contributed by atoms with Crippen molar-refractivity contribution >= 4 is 11.6 Å². The molecule has 0 bridgehead atoms. The van der Waals surface area contributed by atoms with E-state index in [-0.39, 0.29) is 5.92 Å². The number of hydrogen-bond acceptors (Lipinski definition) is 4. The number of aromatic nitrogens is 4. The Labute approximate surface area is 109 Å². The van der Waals surface area contributed by atoms with Crippen molar-refractivity contribution in [3.05, 3.63) is 35.8 Å². The Morgan fingerprint density at radius 1 is 1.32 bits per heavy atom. The van der Waals surface area contributed by atoms with Crippen molar-refractivity contribution in [1.29, 1.82) is 0 Å². The summed E-state index contributed by atoms with van der Waals surface area (Å²) in [5, 5.41) is 21.9. The molecule has 2 atom stereocenters. The third-order valence-corrected chi connectivity index (χ3v) is 3.50. The second kappa shape index (κ2) is 4.46. The number of carboxylic acid groups (broad SMARTS) is 1. The van der Waals surface area contributed by atoms with Gasteiger partial charge in [0.15, 0.2) is 11.5 Å². The number of allylic oxidation sites excluding steroid dienone is 2. The number of rotatable bonds is 2. The van der Waals surface area contributed by atoms with Crippen LogP contribution >= 0.6 is 0 Å². The van der Waals surface area contributed by atoms with E-state index in [1.165, 1.54) is 0 Å². The molecule has 0 radical (unpaired) electrons. The smallest absolute Gasteiger partial charge is 0.307 e. The van der Waals surface area contributed by atoms with E-state index in [0.29, 0.717) is 24.3 Å². The molecule has 3 rings (SSSR count). The minimum atomic E-state index is -0.793. The van der Waals surface area contributed by atoms with Crippen LogP contribution in [-0.2, 0) is 4.79 Å². The Balaban J connectivity index is 2.10. The normalized spacial score (nSPS) is 22.8. The van der Waals surface area contributed by atoms with Gasteiger partial charge < -0.3 is 5.11 Å². The maximum Gasteiger partial charge on any atom is 0.307 e. The van der Waals surface area contributed by atoms with Crippen molar-refractivity contribution in [2.75, 3.05) is 0 Å². The van der Waals surface area contributed by atoms with E-state index in [4.69, 9.17) is 0 Å². The van der Waals surface area contributed by atoms with Gasteiger partial charge in [-0.2, -0.15) is 9.61 Å². The van der Waals surface area contributed by atoms with E-state index in [1.54, 1.807) is 4.52 Å². The zero-order valence-corrected chi connectivity index (χ0v) is 10.5. The zero-order valence-electron chi connectivity index (χ0n) is 10.5. The van der Waals surface area contributed by atoms with Crippen LogP contribution in [0.5, 0.6) is 0 Å². The first-order chi connectivity index (χ1) is 9.16. The van der Waals surface area contributed by atoms with Crippen LogP contribution in [0.15, 0.2) is 24.3 Å². The van der Waals surface area contributed by atoms with E-state index in [9.17, 15) is 9.90 Å². The van der Waals surface area contributed by atoms with Gasteiger partial charge in [-0.05, 0) is 31.9 Å². The summed E-state index contributed by atoms with van der Waals surface area (Å²) in [7, 11) is 0. The third kappa shape index (κ3) is 1.99. The van der Waals surface area contributed by atoms with E-state index in [1.807, 2.05) is 31.2 Å². The van der Waals surface area contributed by atoms with Gasteiger partial charge in [0.1, 0.15) is 0 Å². The van der Waals surface area contributed by atoms with Crippen LogP contribution in [0.25, 0.3) is 5.65 Å². The fourth-order valence-electron chi connectivity index (χ4n) is 2.50. The molecule has 0 aromatic carbocycles. The van der Waals surface area contributed by atoms with Gasteiger partial charge in [-0.3, -0.25) is 4.79 Å². The molecule has 0 amide bonds. The summed E-state index contributed by atoms with van der Waals surface area (Å²) in [6.45, 7) is 1.89. The molecule has 6 nitrogen and oxygen atoms in total. The summed E-state index contributed by atoms with van der Waals surface area (Å²) in [4.78, 5) is 11.4. The Morgan fingerprint density at radius 3 is 2.89 bits per heavy atom. The second-order valence-corrected chi connectivity index (χ2v) is 4.80. The molecule has 2 aromatic heterocycles. The first kappa shape index (κ1) is 11.8. The Kier molecular flexibility index (Phi) is 2.77. The first-order valence-corrected chi connectivity index (χ1v) is 6.23. The van der Waals surface area contributed by atoms with Crippen molar-refractivity contribution in [2.24, 2.45) is 5.92 Å². The molecule has 6 heteroatoms. The molecule has 2 aromatic rings.